The van der Waals surface area contributed by atoms with Crippen molar-refractivity contribution in [1.82, 2.24) is 4.98 Å². The first kappa shape index (κ1) is 28.9. The van der Waals surface area contributed by atoms with Gasteiger partial charge in [0.2, 0.25) is 10.0 Å². The van der Waals surface area contributed by atoms with Gasteiger partial charge in [0.05, 0.1) is 51.8 Å². The average Bonchev–Trinajstić information content (AvgIpc) is 3.49. The molecule has 0 radical (unpaired) electrons. The van der Waals surface area contributed by atoms with Crippen molar-refractivity contribution >= 4 is 55.7 Å². The fourth-order valence-electron chi connectivity index (χ4n) is 6.08. The molecule has 3 aliphatic rings. The molecule has 3 aromatic rings. The number of anilines is 3. The molecule has 0 atom stereocenters. The number of sulfonamides is 1. The van der Waals surface area contributed by atoms with Crippen LogP contribution in [-0.2, 0) is 10.0 Å². The van der Waals surface area contributed by atoms with E-state index in [0.717, 1.165) is 25.7 Å². The minimum absolute atomic E-state index is 0.0231. The third-order valence-electron chi connectivity index (χ3n) is 8.73. The van der Waals surface area contributed by atoms with Crippen LogP contribution in [0.4, 0.5) is 26.0 Å². The van der Waals surface area contributed by atoms with Crippen molar-refractivity contribution in [2.75, 3.05) is 53.1 Å². The van der Waals surface area contributed by atoms with E-state index < -0.39 is 34.2 Å². The van der Waals surface area contributed by atoms with E-state index in [1.807, 2.05) is 4.90 Å². The summed E-state index contributed by atoms with van der Waals surface area (Å²) in [4.78, 5) is 21.4. The zero-order valence-electron chi connectivity index (χ0n) is 22.8. The van der Waals surface area contributed by atoms with Gasteiger partial charge in [0.15, 0.2) is 11.4 Å². The molecule has 1 aromatic carbocycles. The number of hydrogen-bond donors (Lipinski definition) is 3. The van der Waals surface area contributed by atoms with Crippen molar-refractivity contribution in [2.24, 2.45) is 11.1 Å². The molecule has 4 N–H and O–H groups in total. The molecule has 0 unspecified atom stereocenters. The summed E-state index contributed by atoms with van der Waals surface area (Å²) in [5, 5.41) is 9.97. The fourth-order valence-corrected chi connectivity index (χ4v) is 7.21. The lowest BCUT2D eigenvalue weighted by Gasteiger charge is -2.37. The zero-order chi connectivity index (χ0) is 29.9. The number of carbonyl (C=O) groups is 1. The molecule has 1 aliphatic carbocycles. The van der Waals surface area contributed by atoms with Crippen LogP contribution < -0.4 is 20.3 Å². The van der Waals surface area contributed by atoms with Crippen LogP contribution in [0, 0.1) is 5.41 Å². The van der Waals surface area contributed by atoms with Gasteiger partial charge in [-0.2, -0.15) is 0 Å². The third kappa shape index (κ3) is 5.37. The zero-order valence-corrected chi connectivity index (χ0v) is 24.4. The minimum Gasteiger partial charge on any atom is -0.460 e. The number of amides is 1. The number of piperidine rings is 2. The van der Waals surface area contributed by atoms with E-state index in [9.17, 15) is 27.1 Å². The van der Waals surface area contributed by atoms with Crippen LogP contribution in [0.1, 0.15) is 48.9 Å². The van der Waals surface area contributed by atoms with Gasteiger partial charge in [-0.3, -0.25) is 9.52 Å². The first-order valence-corrected chi connectivity index (χ1v) is 16.0. The van der Waals surface area contributed by atoms with Gasteiger partial charge in [0, 0.05) is 44.4 Å². The van der Waals surface area contributed by atoms with Gasteiger partial charge >= 0.3 is 0 Å². The van der Waals surface area contributed by atoms with E-state index in [1.54, 1.807) is 11.0 Å². The lowest BCUT2D eigenvalue weighted by molar-refractivity contribution is -0.0221. The number of alkyl halides is 2. The lowest BCUT2D eigenvalue weighted by atomic mass is 9.91. The lowest BCUT2D eigenvalue weighted by Crippen LogP contribution is -2.40. The summed E-state index contributed by atoms with van der Waals surface area (Å²) in [6, 6.07) is 4.53. The number of benzene rings is 1. The summed E-state index contributed by atoms with van der Waals surface area (Å²) >= 11 is 6.96. The number of aliphatic hydroxyl groups excluding tert-OH is 1. The molecule has 10 nitrogen and oxygen atoms in total. The highest BCUT2D eigenvalue weighted by Crippen LogP contribution is 2.55. The van der Waals surface area contributed by atoms with Crippen molar-refractivity contribution in [3.05, 3.63) is 35.0 Å². The summed E-state index contributed by atoms with van der Waals surface area (Å²) in [6.45, 7) is 0.666. The van der Waals surface area contributed by atoms with Crippen molar-refractivity contribution < 1.29 is 31.5 Å². The Kier molecular flexibility index (Phi) is 7.25. The van der Waals surface area contributed by atoms with E-state index in [1.165, 1.54) is 18.4 Å². The number of furan rings is 1. The van der Waals surface area contributed by atoms with Gasteiger partial charge in [0.1, 0.15) is 0 Å². The smallest absolute Gasteiger partial charge is 0.251 e. The molecule has 2 aliphatic heterocycles. The minimum atomic E-state index is -4.01. The normalized spacial score (nSPS) is 19.8. The standard InChI is InChI=1S/C28H32ClF2N5O5S/c29-21-17-3-15-41-24(17)26(36-12-8-28(30,31)9-13-36)33-22(21)20-19(34-42(39,40)16-14-37)2-1-18(25(32)38)23(20)35-10-6-27(4-5-27)7-11-35/h1-3,15,34,37H,4-14,16H2,(H2,32,38). The predicted octanol–water partition coefficient (Wildman–Crippen LogP) is 4.60. The number of halogens is 3. The number of nitrogens with one attached hydrogen (secondary N) is 1. The Morgan fingerprint density at radius 3 is 2.36 bits per heavy atom. The van der Waals surface area contributed by atoms with Crippen LogP contribution in [-0.4, -0.2) is 68.9 Å². The Bertz CT molecular complexity index is 1640. The largest absolute Gasteiger partial charge is 0.460 e. The van der Waals surface area contributed by atoms with Gasteiger partial charge < -0.3 is 25.1 Å². The Labute approximate surface area is 246 Å². The second-order valence-electron chi connectivity index (χ2n) is 11.5. The Morgan fingerprint density at radius 2 is 1.74 bits per heavy atom. The molecule has 14 heteroatoms. The van der Waals surface area contributed by atoms with Crippen molar-refractivity contribution in [3.8, 4) is 11.3 Å². The van der Waals surface area contributed by atoms with Crippen molar-refractivity contribution in [1.29, 1.82) is 0 Å². The molecular formula is C28H32ClF2N5O5S. The monoisotopic (exact) mass is 623 g/mol. The summed E-state index contributed by atoms with van der Waals surface area (Å²) in [5.41, 5.74) is 7.55. The highest BCUT2D eigenvalue weighted by atomic mass is 35.5. The molecule has 1 amide bonds. The predicted molar refractivity (Wildman–Crippen MR) is 157 cm³/mol. The summed E-state index contributed by atoms with van der Waals surface area (Å²) < 4.78 is 62.1. The number of nitrogens with zero attached hydrogens (tertiary/aromatic N) is 3. The van der Waals surface area contributed by atoms with E-state index in [0.29, 0.717) is 41.0 Å². The van der Waals surface area contributed by atoms with E-state index in [2.05, 4.69) is 4.72 Å². The maximum Gasteiger partial charge on any atom is 0.251 e. The Balaban J connectivity index is 1.58. The highest BCUT2D eigenvalue weighted by Gasteiger charge is 2.45. The summed E-state index contributed by atoms with van der Waals surface area (Å²) in [7, 11) is -4.01. The highest BCUT2D eigenvalue weighted by molar-refractivity contribution is 7.92. The molecule has 2 aromatic heterocycles. The van der Waals surface area contributed by atoms with Crippen LogP contribution >= 0.6 is 11.6 Å². The number of nitrogens with two attached hydrogens (primary N) is 1. The van der Waals surface area contributed by atoms with Gasteiger partial charge in [-0.1, -0.05) is 11.6 Å². The number of aromatic nitrogens is 1. The number of rotatable bonds is 8. The number of aliphatic hydroxyl groups is 1. The molecule has 0 bridgehead atoms. The van der Waals surface area contributed by atoms with Crippen LogP contribution in [0.15, 0.2) is 28.9 Å². The Morgan fingerprint density at radius 1 is 1.07 bits per heavy atom. The average molecular weight is 624 g/mol. The topological polar surface area (TPSA) is 142 Å². The fraction of sp³-hybridized carbons (Fsp3) is 0.500. The van der Waals surface area contributed by atoms with Gasteiger partial charge in [-0.05, 0) is 49.3 Å². The van der Waals surface area contributed by atoms with Crippen molar-refractivity contribution in [3.63, 3.8) is 0 Å². The third-order valence-corrected chi connectivity index (χ3v) is 10.4. The molecule has 3 fully saturated rings. The molecular weight excluding hydrogens is 592 g/mol. The van der Waals surface area contributed by atoms with Gasteiger partial charge in [-0.15, -0.1) is 0 Å². The van der Waals surface area contributed by atoms with Crippen LogP contribution in [0.2, 0.25) is 5.02 Å². The first-order chi connectivity index (χ1) is 19.9. The quantitative estimate of drug-likeness (QED) is 0.331. The van der Waals surface area contributed by atoms with E-state index in [4.69, 9.17) is 26.7 Å². The number of primary amides is 1. The molecule has 1 spiro atoms. The maximum absolute atomic E-state index is 14.0. The van der Waals surface area contributed by atoms with Crippen LogP contribution in [0.25, 0.3) is 22.2 Å². The van der Waals surface area contributed by atoms with E-state index >= 15 is 0 Å². The van der Waals surface area contributed by atoms with Gasteiger partial charge in [0.25, 0.3) is 11.8 Å². The van der Waals surface area contributed by atoms with Crippen LogP contribution in [0.3, 0.4) is 0 Å². The van der Waals surface area contributed by atoms with Crippen LogP contribution in [0.5, 0.6) is 0 Å². The second kappa shape index (κ2) is 10.5. The SMILES string of the molecule is NC(=O)c1ccc(NS(=O)(=O)CCO)c(-c2nc(N3CCC(F)(F)CC3)c3occc3c2Cl)c1N1CCC2(CC1)CC2. The molecule has 6 rings (SSSR count). The molecule has 42 heavy (non-hydrogen) atoms. The number of fused-ring (bicyclic) bond motifs is 1. The summed E-state index contributed by atoms with van der Waals surface area (Å²) in [5.74, 6) is -3.76. The van der Waals surface area contributed by atoms with Crippen molar-refractivity contribution in [2.45, 2.75) is 44.4 Å². The summed E-state index contributed by atoms with van der Waals surface area (Å²) in [6.07, 6.45) is 4.81. The van der Waals surface area contributed by atoms with E-state index in [-0.39, 0.29) is 53.5 Å². The number of hydrogen-bond acceptors (Lipinski definition) is 8. The molecule has 1 saturated carbocycles. The second-order valence-corrected chi connectivity index (χ2v) is 13.7. The number of carbonyl (C=O) groups excluding carboxylic acids is 1. The number of pyridine rings is 1. The molecule has 2 saturated heterocycles. The Hall–Kier alpha value is -3.16. The van der Waals surface area contributed by atoms with Gasteiger partial charge in [-0.25, -0.2) is 22.2 Å². The maximum atomic E-state index is 14.0. The molecule has 226 valence electrons. The molecule has 4 heterocycles. The first-order valence-electron chi connectivity index (χ1n) is 14.0.